The summed E-state index contributed by atoms with van der Waals surface area (Å²) in [7, 11) is 0. The van der Waals surface area contributed by atoms with Crippen molar-refractivity contribution in [1.82, 2.24) is 5.32 Å². The van der Waals surface area contributed by atoms with E-state index in [4.69, 9.17) is 4.74 Å². The Labute approximate surface area is 148 Å². The summed E-state index contributed by atoms with van der Waals surface area (Å²) in [6.07, 6.45) is -4.42. The Hall–Kier alpha value is -3.03. The van der Waals surface area contributed by atoms with Gasteiger partial charge in [-0.2, -0.15) is 13.2 Å². The van der Waals surface area contributed by atoms with E-state index < -0.39 is 23.7 Å². The smallest absolute Gasteiger partial charge is 0.416 e. The molecule has 0 aliphatic carbocycles. The molecule has 2 amide bonds. The lowest BCUT2D eigenvalue weighted by Gasteiger charge is -2.10. The molecule has 138 valence electrons. The first kappa shape index (κ1) is 19.3. The highest BCUT2D eigenvalue weighted by Gasteiger charge is 2.29. The van der Waals surface area contributed by atoms with Gasteiger partial charge in [0.25, 0.3) is 0 Å². The zero-order valence-electron chi connectivity index (χ0n) is 13.9. The number of anilines is 1. The van der Waals surface area contributed by atoms with Crippen LogP contribution in [-0.2, 0) is 17.5 Å². The maximum Gasteiger partial charge on any atom is 0.416 e. The van der Waals surface area contributed by atoms with Gasteiger partial charge in [0, 0.05) is 12.2 Å². The molecule has 0 atom stereocenters. The predicted molar refractivity (Wildman–Crippen MR) is 89.7 cm³/mol. The topological polar surface area (TPSA) is 67.4 Å². The van der Waals surface area contributed by atoms with Crippen LogP contribution in [0.1, 0.15) is 28.4 Å². The molecule has 0 saturated carbocycles. The van der Waals surface area contributed by atoms with Crippen molar-refractivity contribution in [1.29, 1.82) is 0 Å². The monoisotopic (exact) mass is 366 g/mol. The van der Waals surface area contributed by atoms with Crippen LogP contribution >= 0.6 is 0 Å². The number of carbonyl (C=O) groups excluding carboxylic acids is 2. The Morgan fingerprint density at radius 2 is 1.62 bits per heavy atom. The zero-order chi connectivity index (χ0) is 19.2. The molecule has 26 heavy (non-hydrogen) atoms. The maximum absolute atomic E-state index is 12.5. The number of rotatable bonds is 5. The second kappa shape index (κ2) is 8.37. The van der Waals surface area contributed by atoms with Crippen molar-refractivity contribution < 1.29 is 27.5 Å². The molecule has 0 aliphatic heterocycles. The van der Waals surface area contributed by atoms with E-state index >= 15 is 0 Å². The van der Waals surface area contributed by atoms with Gasteiger partial charge >= 0.3 is 18.2 Å². The molecule has 0 radical (unpaired) electrons. The first-order chi connectivity index (χ1) is 12.3. The minimum Gasteiger partial charge on any atom is -0.462 e. The van der Waals surface area contributed by atoms with E-state index in [1.54, 1.807) is 31.2 Å². The van der Waals surface area contributed by atoms with Gasteiger partial charge < -0.3 is 15.4 Å². The number of nitrogens with one attached hydrogen (secondary N) is 2. The molecule has 0 bridgehead atoms. The van der Waals surface area contributed by atoms with E-state index in [1.807, 2.05) is 0 Å². The molecular formula is C18H17F3N2O3. The van der Waals surface area contributed by atoms with Crippen molar-refractivity contribution in [2.45, 2.75) is 19.6 Å². The first-order valence-electron chi connectivity index (χ1n) is 7.77. The van der Waals surface area contributed by atoms with Crippen LogP contribution in [0, 0.1) is 0 Å². The van der Waals surface area contributed by atoms with Gasteiger partial charge in [-0.15, -0.1) is 0 Å². The Bertz CT molecular complexity index is 757. The molecule has 0 fully saturated rings. The summed E-state index contributed by atoms with van der Waals surface area (Å²) in [6.45, 7) is 2.19. The Balaban J connectivity index is 1.86. The first-order valence-corrected chi connectivity index (χ1v) is 7.77. The van der Waals surface area contributed by atoms with E-state index in [2.05, 4.69) is 10.6 Å². The third kappa shape index (κ3) is 5.51. The van der Waals surface area contributed by atoms with Gasteiger partial charge in [-0.3, -0.25) is 0 Å². The number of hydrogen-bond acceptors (Lipinski definition) is 3. The van der Waals surface area contributed by atoms with Crippen molar-refractivity contribution in [3.8, 4) is 0 Å². The highest BCUT2D eigenvalue weighted by molar-refractivity contribution is 5.90. The lowest BCUT2D eigenvalue weighted by atomic mass is 10.1. The van der Waals surface area contributed by atoms with Gasteiger partial charge in [0.05, 0.1) is 17.7 Å². The lowest BCUT2D eigenvalue weighted by Crippen LogP contribution is -2.28. The minimum atomic E-state index is -4.42. The summed E-state index contributed by atoms with van der Waals surface area (Å²) < 4.78 is 42.3. The number of amides is 2. The summed E-state index contributed by atoms with van der Waals surface area (Å²) in [5, 5.41) is 5.02. The molecule has 0 spiro atoms. The minimum absolute atomic E-state index is 0.190. The zero-order valence-corrected chi connectivity index (χ0v) is 13.9. The van der Waals surface area contributed by atoms with Crippen LogP contribution in [-0.4, -0.2) is 18.6 Å². The van der Waals surface area contributed by atoms with Crippen LogP contribution in [0.5, 0.6) is 0 Å². The second-order valence-electron chi connectivity index (χ2n) is 5.30. The van der Waals surface area contributed by atoms with Crippen LogP contribution in [0.25, 0.3) is 0 Å². The molecule has 8 heteroatoms. The third-order valence-corrected chi connectivity index (χ3v) is 3.39. The van der Waals surface area contributed by atoms with Gasteiger partial charge in [-0.25, -0.2) is 9.59 Å². The average molecular weight is 366 g/mol. The molecular weight excluding hydrogens is 349 g/mol. The summed E-state index contributed by atoms with van der Waals surface area (Å²) in [6, 6.07) is 10.1. The Morgan fingerprint density at radius 3 is 2.15 bits per heavy atom. The quantitative estimate of drug-likeness (QED) is 0.779. The Kier molecular flexibility index (Phi) is 6.21. The van der Waals surface area contributed by atoms with Gasteiger partial charge in [-0.05, 0) is 48.9 Å². The largest absolute Gasteiger partial charge is 0.462 e. The molecule has 0 aromatic heterocycles. The highest BCUT2D eigenvalue weighted by Crippen LogP contribution is 2.29. The number of ether oxygens (including phenoxy) is 1. The van der Waals surface area contributed by atoms with Crippen LogP contribution in [0.4, 0.5) is 23.7 Å². The number of benzene rings is 2. The summed E-state index contributed by atoms with van der Waals surface area (Å²) >= 11 is 0. The van der Waals surface area contributed by atoms with Crippen molar-refractivity contribution >= 4 is 17.7 Å². The number of halogens is 3. The molecule has 2 rings (SSSR count). The fraction of sp³-hybridized carbons (Fsp3) is 0.222. The predicted octanol–water partition coefficient (Wildman–Crippen LogP) is 4.20. The summed E-state index contributed by atoms with van der Waals surface area (Å²) in [5.74, 6) is -0.424. The Morgan fingerprint density at radius 1 is 1.00 bits per heavy atom. The standard InChI is InChI=1S/C18H17F3N2O3/c1-2-26-16(24)13-5-3-12(4-6-13)11-22-17(25)23-15-9-7-14(8-10-15)18(19,20)21/h3-10H,2,11H2,1H3,(H2,22,23,25). The van der Waals surface area contributed by atoms with Crippen molar-refractivity contribution in [3.63, 3.8) is 0 Å². The number of urea groups is 1. The molecule has 0 unspecified atom stereocenters. The number of hydrogen-bond donors (Lipinski definition) is 2. The fourth-order valence-corrected chi connectivity index (χ4v) is 2.07. The van der Waals surface area contributed by atoms with Crippen molar-refractivity contribution in [3.05, 3.63) is 65.2 Å². The number of alkyl halides is 3. The molecule has 0 heterocycles. The molecule has 2 aromatic carbocycles. The molecule has 0 saturated heterocycles. The van der Waals surface area contributed by atoms with Crippen LogP contribution in [0.15, 0.2) is 48.5 Å². The van der Waals surface area contributed by atoms with Crippen LogP contribution in [0.3, 0.4) is 0 Å². The number of esters is 1. The molecule has 2 aromatic rings. The summed E-state index contributed by atoms with van der Waals surface area (Å²) in [5.41, 5.74) is 0.615. The highest BCUT2D eigenvalue weighted by atomic mass is 19.4. The second-order valence-corrected chi connectivity index (χ2v) is 5.30. The number of carbonyl (C=O) groups is 2. The SMILES string of the molecule is CCOC(=O)c1ccc(CNC(=O)Nc2ccc(C(F)(F)F)cc2)cc1. The summed E-state index contributed by atoms with van der Waals surface area (Å²) in [4.78, 5) is 23.3. The van der Waals surface area contributed by atoms with Gasteiger partial charge in [-0.1, -0.05) is 12.1 Å². The molecule has 5 nitrogen and oxygen atoms in total. The van der Waals surface area contributed by atoms with E-state index in [0.29, 0.717) is 5.56 Å². The van der Waals surface area contributed by atoms with E-state index in [9.17, 15) is 22.8 Å². The normalized spacial score (nSPS) is 10.9. The third-order valence-electron chi connectivity index (χ3n) is 3.39. The van der Waals surface area contributed by atoms with Crippen molar-refractivity contribution in [2.24, 2.45) is 0 Å². The van der Waals surface area contributed by atoms with Gasteiger partial charge in [0.15, 0.2) is 0 Å². The average Bonchev–Trinajstić information content (AvgIpc) is 2.60. The molecule has 0 aliphatic rings. The van der Waals surface area contributed by atoms with Crippen molar-refractivity contribution in [2.75, 3.05) is 11.9 Å². The van der Waals surface area contributed by atoms with Gasteiger partial charge in [0.2, 0.25) is 0 Å². The van der Waals surface area contributed by atoms with E-state index in [1.165, 1.54) is 12.1 Å². The fourth-order valence-electron chi connectivity index (χ4n) is 2.07. The van der Waals surface area contributed by atoms with E-state index in [-0.39, 0.29) is 18.8 Å². The van der Waals surface area contributed by atoms with Gasteiger partial charge in [0.1, 0.15) is 0 Å². The molecule has 2 N–H and O–H groups in total. The van der Waals surface area contributed by atoms with Crippen LogP contribution in [0.2, 0.25) is 0 Å². The van der Waals surface area contributed by atoms with E-state index in [0.717, 1.165) is 17.7 Å². The van der Waals surface area contributed by atoms with Crippen LogP contribution < -0.4 is 10.6 Å². The maximum atomic E-state index is 12.5. The lowest BCUT2D eigenvalue weighted by molar-refractivity contribution is -0.137.